The summed E-state index contributed by atoms with van der Waals surface area (Å²) in [4.78, 5) is 28.4. The Bertz CT molecular complexity index is 1410. The van der Waals surface area contributed by atoms with Gasteiger partial charge < -0.3 is 14.5 Å². The van der Waals surface area contributed by atoms with Crippen molar-refractivity contribution in [1.29, 1.82) is 0 Å². The molecule has 1 fully saturated rings. The monoisotopic (exact) mass is 448 g/mol. The number of aromatic amines is 1. The van der Waals surface area contributed by atoms with Crippen molar-refractivity contribution in [2.45, 2.75) is 0 Å². The summed E-state index contributed by atoms with van der Waals surface area (Å²) in [6.07, 6.45) is 0. The molecular weight excluding hydrogens is 427 g/mol. The number of H-pyrrole nitrogens is 1. The molecule has 168 valence electrons. The molecule has 5 rings (SSSR count). The third-order valence-corrected chi connectivity index (χ3v) is 5.79. The SMILES string of the molecule is COc1cccc(F)c1-n1nc2c(-c3ccc(N4CCN(C)C(=O)C4)cc3)n[nH]c2cc1=O. The summed E-state index contributed by atoms with van der Waals surface area (Å²) < 4.78 is 20.8. The summed E-state index contributed by atoms with van der Waals surface area (Å²) in [7, 11) is 3.20. The van der Waals surface area contributed by atoms with Crippen LogP contribution in [0.3, 0.4) is 0 Å². The molecule has 2 aromatic carbocycles. The van der Waals surface area contributed by atoms with E-state index in [0.29, 0.717) is 29.8 Å². The quantitative estimate of drug-likeness (QED) is 0.514. The van der Waals surface area contributed by atoms with Crippen molar-refractivity contribution in [3.05, 3.63) is 64.7 Å². The average molecular weight is 448 g/mol. The molecule has 33 heavy (non-hydrogen) atoms. The summed E-state index contributed by atoms with van der Waals surface area (Å²) in [5, 5.41) is 11.6. The molecule has 1 aliphatic rings. The first-order valence-electron chi connectivity index (χ1n) is 10.4. The summed E-state index contributed by atoms with van der Waals surface area (Å²) in [6, 6.07) is 13.2. The number of fused-ring (bicyclic) bond motifs is 1. The molecule has 1 saturated heterocycles. The predicted octanol–water partition coefficient (Wildman–Crippen LogP) is 2.20. The van der Waals surface area contributed by atoms with Crippen LogP contribution in [-0.2, 0) is 4.79 Å². The van der Waals surface area contributed by atoms with Gasteiger partial charge in [-0.2, -0.15) is 14.9 Å². The molecule has 1 amide bonds. The number of likely N-dealkylation sites (N-methyl/N-ethyl adjacent to an activating group) is 1. The number of benzene rings is 2. The highest BCUT2D eigenvalue weighted by molar-refractivity contribution is 5.89. The molecule has 1 N–H and O–H groups in total. The van der Waals surface area contributed by atoms with Crippen LogP contribution in [0.25, 0.3) is 28.0 Å². The lowest BCUT2D eigenvalue weighted by Gasteiger charge is -2.33. The van der Waals surface area contributed by atoms with Crippen molar-refractivity contribution in [3.8, 4) is 22.7 Å². The highest BCUT2D eigenvalue weighted by Gasteiger charge is 2.22. The molecule has 3 heterocycles. The van der Waals surface area contributed by atoms with Crippen LogP contribution < -0.4 is 15.2 Å². The number of rotatable bonds is 4. The van der Waals surface area contributed by atoms with Gasteiger partial charge in [0.25, 0.3) is 5.56 Å². The van der Waals surface area contributed by atoms with E-state index in [1.54, 1.807) is 18.0 Å². The van der Waals surface area contributed by atoms with Gasteiger partial charge in [-0.3, -0.25) is 14.7 Å². The van der Waals surface area contributed by atoms with Gasteiger partial charge in [-0.15, -0.1) is 0 Å². The maximum absolute atomic E-state index is 14.6. The first kappa shape index (κ1) is 20.7. The lowest BCUT2D eigenvalue weighted by atomic mass is 10.1. The van der Waals surface area contributed by atoms with E-state index >= 15 is 0 Å². The number of aromatic nitrogens is 4. The standard InChI is InChI=1S/C23H21FN6O3/c1-28-10-11-29(13-20(28)32)15-8-6-14(7-9-15)21-22-17(25-26-21)12-19(31)30(27-22)23-16(24)4-3-5-18(23)33-2/h3-9,12,25H,10-11,13H2,1-2H3. The summed E-state index contributed by atoms with van der Waals surface area (Å²) >= 11 is 0. The van der Waals surface area contributed by atoms with Gasteiger partial charge in [0.1, 0.15) is 22.6 Å². The van der Waals surface area contributed by atoms with E-state index in [9.17, 15) is 14.0 Å². The summed E-state index contributed by atoms with van der Waals surface area (Å²) in [6.45, 7) is 1.76. The van der Waals surface area contributed by atoms with Crippen LogP contribution in [0.1, 0.15) is 0 Å². The predicted molar refractivity (Wildman–Crippen MR) is 121 cm³/mol. The number of nitrogens with one attached hydrogen (secondary N) is 1. The van der Waals surface area contributed by atoms with Crippen LogP contribution in [0.2, 0.25) is 0 Å². The third-order valence-electron chi connectivity index (χ3n) is 5.79. The van der Waals surface area contributed by atoms with Crippen LogP contribution in [0.15, 0.2) is 53.3 Å². The molecule has 4 aromatic rings. The topological polar surface area (TPSA) is 96.3 Å². The minimum atomic E-state index is -0.626. The van der Waals surface area contributed by atoms with Gasteiger partial charge in [-0.05, 0) is 24.3 Å². The Labute approximate surface area is 188 Å². The smallest absolute Gasteiger partial charge is 0.273 e. The molecule has 0 spiro atoms. The molecule has 0 bridgehead atoms. The highest BCUT2D eigenvalue weighted by Crippen LogP contribution is 2.28. The van der Waals surface area contributed by atoms with E-state index in [0.717, 1.165) is 22.5 Å². The van der Waals surface area contributed by atoms with Crippen molar-refractivity contribution in [3.63, 3.8) is 0 Å². The van der Waals surface area contributed by atoms with E-state index in [4.69, 9.17) is 4.74 Å². The largest absolute Gasteiger partial charge is 0.494 e. The molecule has 0 saturated carbocycles. The number of methoxy groups -OCH3 is 1. The van der Waals surface area contributed by atoms with E-state index < -0.39 is 11.4 Å². The maximum Gasteiger partial charge on any atom is 0.273 e. The Balaban J connectivity index is 1.55. The zero-order valence-corrected chi connectivity index (χ0v) is 18.1. The lowest BCUT2D eigenvalue weighted by Crippen LogP contribution is -2.48. The Kier molecular flexibility index (Phi) is 5.04. The molecule has 0 radical (unpaired) electrons. The van der Waals surface area contributed by atoms with Gasteiger partial charge >= 0.3 is 0 Å². The van der Waals surface area contributed by atoms with E-state index in [2.05, 4.69) is 15.3 Å². The van der Waals surface area contributed by atoms with Crippen molar-refractivity contribution in [2.75, 3.05) is 38.7 Å². The zero-order valence-electron chi connectivity index (χ0n) is 18.1. The molecular formula is C23H21FN6O3. The van der Waals surface area contributed by atoms with Crippen LogP contribution in [0.5, 0.6) is 5.75 Å². The van der Waals surface area contributed by atoms with Crippen molar-refractivity contribution < 1.29 is 13.9 Å². The van der Waals surface area contributed by atoms with E-state index in [1.807, 2.05) is 29.2 Å². The number of hydrogen-bond acceptors (Lipinski definition) is 6. The molecule has 0 unspecified atom stereocenters. The number of carbonyl (C=O) groups is 1. The number of amides is 1. The van der Waals surface area contributed by atoms with Crippen LogP contribution in [-0.4, -0.2) is 64.6 Å². The molecule has 0 atom stereocenters. The molecule has 10 heteroatoms. The fraction of sp³-hybridized carbons (Fsp3) is 0.217. The fourth-order valence-electron chi connectivity index (χ4n) is 3.92. The van der Waals surface area contributed by atoms with Gasteiger partial charge in [0.05, 0.1) is 19.2 Å². The van der Waals surface area contributed by atoms with Crippen LogP contribution in [0.4, 0.5) is 10.1 Å². The summed E-state index contributed by atoms with van der Waals surface area (Å²) in [5.41, 5.74) is 2.50. The Hall–Kier alpha value is -4.21. The van der Waals surface area contributed by atoms with E-state index in [-0.39, 0.29) is 17.3 Å². The lowest BCUT2D eigenvalue weighted by molar-refractivity contribution is -0.129. The van der Waals surface area contributed by atoms with Gasteiger partial charge in [-0.1, -0.05) is 18.2 Å². The fourth-order valence-corrected chi connectivity index (χ4v) is 3.92. The number of carbonyl (C=O) groups excluding carboxylic acids is 1. The Morgan fingerprint density at radius 2 is 1.88 bits per heavy atom. The third kappa shape index (κ3) is 3.59. The van der Waals surface area contributed by atoms with Crippen molar-refractivity contribution in [1.82, 2.24) is 24.9 Å². The Morgan fingerprint density at radius 1 is 1.09 bits per heavy atom. The number of para-hydroxylation sites is 1. The van der Waals surface area contributed by atoms with Gasteiger partial charge in [-0.25, -0.2) is 4.39 Å². The minimum absolute atomic E-state index is 0.0610. The number of hydrogen-bond donors (Lipinski definition) is 1. The number of halogens is 1. The maximum atomic E-state index is 14.6. The second-order valence-electron chi connectivity index (χ2n) is 7.80. The highest BCUT2D eigenvalue weighted by atomic mass is 19.1. The van der Waals surface area contributed by atoms with Crippen LogP contribution >= 0.6 is 0 Å². The Morgan fingerprint density at radius 3 is 2.61 bits per heavy atom. The van der Waals surface area contributed by atoms with Crippen LogP contribution in [0, 0.1) is 5.82 Å². The van der Waals surface area contributed by atoms with Gasteiger partial charge in [0.15, 0.2) is 5.82 Å². The second kappa shape index (κ2) is 8.05. The average Bonchev–Trinajstić information content (AvgIpc) is 3.23. The minimum Gasteiger partial charge on any atom is -0.494 e. The number of piperazine rings is 1. The molecule has 2 aromatic heterocycles. The summed E-state index contributed by atoms with van der Waals surface area (Å²) in [5.74, 6) is -0.353. The number of anilines is 1. The van der Waals surface area contributed by atoms with E-state index in [1.165, 1.54) is 25.3 Å². The normalized spacial score (nSPS) is 14.2. The van der Waals surface area contributed by atoms with Gasteiger partial charge in [0.2, 0.25) is 5.91 Å². The zero-order chi connectivity index (χ0) is 23.1. The second-order valence-corrected chi connectivity index (χ2v) is 7.80. The molecule has 9 nitrogen and oxygen atoms in total. The molecule has 0 aliphatic carbocycles. The number of ether oxygens (including phenoxy) is 1. The van der Waals surface area contributed by atoms with Crippen molar-refractivity contribution >= 4 is 22.6 Å². The van der Waals surface area contributed by atoms with Crippen molar-refractivity contribution in [2.24, 2.45) is 0 Å². The first-order valence-corrected chi connectivity index (χ1v) is 10.4. The number of nitrogens with zero attached hydrogens (tertiary/aromatic N) is 5. The molecule has 1 aliphatic heterocycles. The van der Waals surface area contributed by atoms with Gasteiger partial charge in [0, 0.05) is 37.5 Å². The first-order chi connectivity index (χ1) is 16.0.